The summed E-state index contributed by atoms with van der Waals surface area (Å²) in [4.78, 5) is 24.8. The molecule has 2 aliphatic rings. The molecule has 0 aromatic rings. The third-order valence-electron chi connectivity index (χ3n) is 3.91. The molecule has 0 spiro atoms. The fourth-order valence-electron chi connectivity index (χ4n) is 2.89. The molecule has 0 amide bonds. The van der Waals surface area contributed by atoms with Gasteiger partial charge in [-0.3, -0.25) is 14.5 Å². The molecule has 3 N–H and O–H groups in total. The number of carboxylic acid groups (broad SMARTS) is 1. The van der Waals surface area contributed by atoms with Crippen LogP contribution in [0, 0.1) is 0 Å². The van der Waals surface area contributed by atoms with Crippen LogP contribution in [0.5, 0.6) is 0 Å². The maximum atomic E-state index is 11.7. The summed E-state index contributed by atoms with van der Waals surface area (Å²) in [5, 5.41) is 9.24. The van der Waals surface area contributed by atoms with E-state index in [2.05, 4.69) is 5.87 Å². The third-order valence-corrected chi connectivity index (χ3v) is 6.62. The fraction of sp³-hybridized carbons (Fsp3) is 0.727. The predicted octanol–water partition coefficient (Wildman–Crippen LogP) is -0.557. The van der Waals surface area contributed by atoms with E-state index in [1.807, 2.05) is 13.8 Å². The number of aliphatic carboxylic acids is 1. The van der Waals surface area contributed by atoms with Gasteiger partial charge in [-0.2, -0.15) is 10.5 Å². The highest BCUT2D eigenvalue weighted by Crippen LogP contribution is 2.55. The van der Waals surface area contributed by atoms with Crippen molar-refractivity contribution in [1.82, 2.24) is 4.90 Å². The zero-order chi connectivity index (χ0) is 13.8. The summed E-state index contributed by atoms with van der Waals surface area (Å²) in [6, 6.07) is -1.81. The van der Waals surface area contributed by atoms with Crippen molar-refractivity contribution in [3.8, 4) is 0 Å². The van der Waals surface area contributed by atoms with E-state index in [1.165, 1.54) is 7.11 Å². The van der Waals surface area contributed by atoms with Crippen LogP contribution in [0.2, 0.25) is 0 Å². The summed E-state index contributed by atoms with van der Waals surface area (Å²) in [7, 11) is 0.852. The molecule has 2 saturated heterocycles. The second-order valence-corrected chi connectivity index (χ2v) is 7.55. The topological polar surface area (TPSA) is 92.9 Å². The third kappa shape index (κ3) is 1.47. The number of esters is 1. The summed E-state index contributed by atoms with van der Waals surface area (Å²) in [5.74, 6) is 2.65. The minimum atomic E-state index is -0.940. The summed E-state index contributed by atoms with van der Waals surface area (Å²) >= 11 is 0. The number of carboxylic acids is 1. The lowest BCUT2D eigenvalue weighted by atomic mass is 9.90. The van der Waals surface area contributed by atoms with Gasteiger partial charge < -0.3 is 15.6 Å². The van der Waals surface area contributed by atoms with E-state index < -0.39 is 45.3 Å². The highest BCUT2D eigenvalue weighted by Gasteiger charge is 2.66. The highest BCUT2D eigenvalue weighted by molar-refractivity contribution is 8.16. The Labute approximate surface area is 108 Å². The number of carbonyl (C=O) groups excluding carboxylic acids is 1. The second-order valence-electron chi connectivity index (χ2n) is 5.16. The first-order valence-corrected chi connectivity index (χ1v) is 7.07. The van der Waals surface area contributed by atoms with Gasteiger partial charge in [0, 0.05) is 4.75 Å². The van der Waals surface area contributed by atoms with Crippen LogP contribution >= 0.6 is 10.5 Å². The highest BCUT2D eigenvalue weighted by atomic mass is 32.2. The molecule has 2 fully saturated rings. The van der Waals surface area contributed by atoms with E-state index in [4.69, 9.17) is 10.5 Å². The molecule has 2 aliphatic heterocycles. The van der Waals surface area contributed by atoms with Crippen molar-refractivity contribution in [2.24, 2.45) is 5.73 Å². The maximum absolute atomic E-state index is 11.7. The summed E-state index contributed by atoms with van der Waals surface area (Å²) in [6.45, 7) is 3.72. The molecule has 102 valence electrons. The van der Waals surface area contributed by atoms with Crippen molar-refractivity contribution < 1.29 is 19.4 Å². The van der Waals surface area contributed by atoms with Crippen LogP contribution in [-0.4, -0.2) is 63.2 Å². The van der Waals surface area contributed by atoms with Gasteiger partial charge in [0.2, 0.25) is 0 Å². The molecular weight excluding hydrogens is 256 g/mol. The lowest BCUT2D eigenvalue weighted by Gasteiger charge is -2.49. The Morgan fingerprint density at radius 3 is 2.50 bits per heavy atom. The van der Waals surface area contributed by atoms with Gasteiger partial charge in [0.25, 0.3) is 0 Å². The average Bonchev–Trinajstić information content (AvgIpc) is 2.44. The van der Waals surface area contributed by atoms with Crippen LogP contribution in [0.25, 0.3) is 0 Å². The molecule has 0 aromatic carbocycles. The van der Waals surface area contributed by atoms with Gasteiger partial charge in [-0.25, -0.2) is 0 Å². The van der Waals surface area contributed by atoms with E-state index in [-0.39, 0.29) is 5.37 Å². The molecule has 2 unspecified atom stereocenters. The van der Waals surface area contributed by atoms with Gasteiger partial charge in [0.15, 0.2) is 0 Å². The predicted molar refractivity (Wildman–Crippen MR) is 69.6 cm³/mol. The second kappa shape index (κ2) is 4.04. The van der Waals surface area contributed by atoms with Gasteiger partial charge in [0.1, 0.15) is 12.1 Å². The molecule has 0 bridgehead atoms. The number of methoxy groups -OCH3 is 1. The number of nitrogens with two attached hydrogens (primary N) is 1. The molecule has 2 rings (SSSR count). The van der Waals surface area contributed by atoms with Gasteiger partial charge in [-0.1, -0.05) is 5.87 Å². The number of ether oxygens (including phenoxy) is 1. The van der Waals surface area contributed by atoms with Crippen LogP contribution in [-0.2, 0) is 14.3 Å². The largest absolute Gasteiger partial charge is 0.480 e. The smallest absolute Gasteiger partial charge is 0.324 e. The van der Waals surface area contributed by atoms with E-state index in [0.717, 1.165) is 0 Å². The fourth-order valence-corrected chi connectivity index (χ4v) is 5.10. The normalized spacial score (nSPS) is 41.9. The zero-order valence-electron chi connectivity index (χ0n) is 10.6. The van der Waals surface area contributed by atoms with Crippen molar-refractivity contribution >= 4 is 28.3 Å². The number of fused-ring (bicyclic) bond motifs is 1. The lowest BCUT2D eigenvalue weighted by Crippen LogP contribution is -2.74. The number of rotatable bonds is 2. The Balaban J connectivity index is 2.40. The Kier molecular flexibility index (Phi) is 3.03. The Morgan fingerprint density at radius 2 is 2.06 bits per heavy atom. The van der Waals surface area contributed by atoms with Crippen molar-refractivity contribution in [2.75, 3.05) is 7.11 Å². The Morgan fingerprint density at radius 1 is 1.50 bits per heavy atom. The molecular formula is C11H18N2O4S. The molecule has 6 nitrogen and oxygen atoms in total. The van der Waals surface area contributed by atoms with Crippen LogP contribution in [0.3, 0.4) is 0 Å². The lowest BCUT2D eigenvalue weighted by molar-refractivity contribution is -0.162. The van der Waals surface area contributed by atoms with E-state index in [0.29, 0.717) is 0 Å². The monoisotopic (exact) mass is 274 g/mol. The zero-order valence-corrected chi connectivity index (χ0v) is 11.4. The van der Waals surface area contributed by atoms with Crippen LogP contribution in [0.15, 0.2) is 0 Å². The quantitative estimate of drug-likeness (QED) is 0.518. The van der Waals surface area contributed by atoms with Crippen LogP contribution in [0.4, 0.5) is 0 Å². The summed E-state index contributed by atoms with van der Waals surface area (Å²) < 4.78 is 4.19. The standard InChI is InChI=1S/C11H18N2O4S/c1-11(2)7(9(14)15)13-6(10(16)17-3)5(12)8(13)18(11)4/h5-8H,4,12H2,1-3H3,(H,14,15)/t5-,6?,7+,8?,18+/m1/s1. The SMILES string of the molecule is C=[S@]1C2[C@H](N)C(C(=O)OC)N2[C@@H](C(=O)O)C1(C)C. The van der Waals surface area contributed by atoms with Gasteiger partial charge in [0.05, 0.1) is 18.5 Å². The van der Waals surface area contributed by atoms with Crippen molar-refractivity contribution in [3.63, 3.8) is 0 Å². The van der Waals surface area contributed by atoms with Gasteiger partial charge >= 0.3 is 11.9 Å². The van der Waals surface area contributed by atoms with Crippen LogP contribution in [0.1, 0.15) is 13.8 Å². The average molecular weight is 274 g/mol. The summed E-state index contributed by atoms with van der Waals surface area (Å²) in [5.41, 5.74) is 5.99. The van der Waals surface area contributed by atoms with Gasteiger partial charge in [-0.05, 0) is 13.8 Å². The van der Waals surface area contributed by atoms with Crippen molar-refractivity contribution in [3.05, 3.63) is 0 Å². The molecule has 5 atom stereocenters. The first-order chi connectivity index (χ1) is 8.25. The molecule has 0 aliphatic carbocycles. The first kappa shape index (κ1) is 13.5. The number of nitrogens with zero attached hydrogens (tertiary/aromatic N) is 1. The minimum absolute atomic E-state index is 0.148. The van der Waals surface area contributed by atoms with Gasteiger partial charge in [-0.15, -0.1) is 0 Å². The number of carbonyl (C=O) groups is 2. The van der Waals surface area contributed by atoms with Crippen molar-refractivity contribution in [1.29, 1.82) is 0 Å². The Bertz CT molecular complexity index is 437. The van der Waals surface area contributed by atoms with E-state index in [1.54, 1.807) is 4.90 Å². The van der Waals surface area contributed by atoms with Crippen molar-refractivity contribution in [2.45, 2.75) is 42.1 Å². The molecule has 0 saturated carbocycles. The molecule has 0 radical (unpaired) electrons. The molecule has 18 heavy (non-hydrogen) atoms. The Hall–Kier alpha value is -0.920. The van der Waals surface area contributed by atoms with E-state index >= 15 is 0 Å². The molecule has 2 heterocycles. The number of hydrogen-bond donors (Lipinski definition) is 2. The van der Waals surface area contributed by atoms with E-state index in [9.17, 15) is 14.7 Å². The summed E-state index contributed by atoms with van der Waals surface area (Å²) in [6.07, 6.45) is 0. The minimum Gasteiger partial charge on any atom is -0.480 e. The molecule has 0 aromatic heterocycles. The number of hydrogen-bond acceptors (Lipinski definition) is 5. The maximum Gasteiger partial charge on any atom is 0.324 e. The van der Waals surface area contributed by atoms with Crippen LogP contribution < -0.4 is 5.73 Å². The molecule has 7 heteroatoms. The first-order valence-electron chi connectivity index (χ1n) is 5.61.